The van der Waals surface area contributed by atoms with E-state index in [4.69, 9.17) is 4.74 Å². The molecule has 1 saturated carbocycles. The summed E-state index contributed by atoms with van der Waals surface area (Å²) in [6.45, 7) is 5.46. The number of morpholine rings is 1. The lowest BCUT2D eigenvalue weighted by Gasteiger charge is -2.33. The van der Waals surface area contributed by atoms with Gasteiger partial charge in [0.2, 0.25) is 5.56 Å². The number of ether oxygens (including phenoxy) is 1. The first kappa shape index (κ1) is 23.7. The summed E-state index contributed by atoms with van der Waals surface area (Å²) in [5.74, 6) is 0. The van der Waals surface area contributed by atoms with Gasteiger partial charge in [0.15, 0.2) is 0 Å². The minimum absolute atomic E-state index is 0.0656. The minimum atomic E-state index is -0.0656. The van der Waals surface area contributed by atoms with E-state index in [9.17, 15) is 4.79 Å². The van der Waals surface area contributed by atoms with Crippen molar-refractivity contribution >= 4 is 34.9 Å². The number of benzene rings is 2. The summed E-state index contributed by atoms with van der Waals surface area (Å²) in [5, 5.41) is 3.81. The fraction of sp³-hybridized carbons (Fsp3) is 0.414. The van der Waals surface area contributed by atoms with Gasteiger partial charge in [-0.15, -0.1) is 0 Å². The predicted molar refractivity (Wildman–Crippen MR) is 151 cm³/mol. The van der Waals surface area contributed by atoms with E-state index in [0.717, 1.165) is 36.1 Å². The smallest absolute Gasteiger partial charge is 0.250 e. The van der Waals surface area contributed by atoms with Crippen molar-refractivity contribution in [2.24, 2.45) is 0 Å². The third-order valence-corrected chi connectivity index (χ3v) is 10.4. The molecular formula is C29H32N4O2S2. The monoisotopic (exact) mass is 532 g/mol. The molecule has 8 heteroatoms. The molecule has 7 rings (SSSR count). The molecule has 0 atom stereocenters. The standard InChI is InChI=1S/C29H32N4O2S2/c34-28-18-22(33-12-14-35-15-13-33)17-24(31-28)23-2-1-3-26-29(23)37-25-7-4-20(16-27(25)36-26)30-19-8-10-32(11-9-19)21-5-6-21/h1-4,7,16-19,21,30H,5-6,8-15H2,(H,31,34). The Labute approximate surface area is 226 Å². The number of aromatic nitrogens is 1. The van der Waals surface area contributed by atoms with Crippen LogP contribution in [0.1, 0.15) is 25.7 Å². The lowest BCUT2D eigenvalue weighted by Crippen LogP contribution is -2.40. The maximum atomic E-state index is 12.6. The summed E-state index contributed by atoms with van der Waals surface area (Å²) < 4.78 is 5.50. The summed E-state index contributed by atoms with van der Waals surface area (Å²) in [6, 6.07) is 18.5. The van der Waals surface area contributed by atoms with Crippen molar-refractivity contribution in [3.63, 3.8) is 0 Å². The maximum Gasteiger partial charge on any atom is 0.250 e. The van der Waals surface area contributed by atoms with Gasteiger partial charge in [-0.3, -0.25) is 4.79 Å². The molecule has 4 aliphatic rings. The SMILES string of the molecule is O=c1cc(N2CCOCC2)cc(-c2cccc3c2Sc2ccc(NC4CCN(C5CC5)CC4)cc2S3)[nH]1. The number of anilines is 2. The molecule has 0 amide bonds. The van der Waals surface area contributed by atoms with Crippen LogP contribution in [-0.4, -0.2) is 61.4 Å². The van der Waals surface area contributed by atoms with Gasteiger partial charge in [0, 0.05) is 80.8 Å². The Hall–Kier alpha value is -2.39. The van der Waals surface area contributed by atoms with Gasteiger partial charge >= 0.3 is 0 Å². The fourth-order valence-corrected chi connectivity index (χ4v) is 8.08. The number of aromatic amines is 1. The Balaban J connectivity index is 1.11. The maximum absolute atomic E-state index is 12.6. The van der Waals surface area contributed by atoms with Crippen LogP contribution in [0.15, 0.2) is 72.9 Å². The van der Waals surface area contributed by atoms with E-state index in [-0.39, 0.29) is 5.56 Å². The average Bonchev–Trinajstić information content (AvgIpc) is 3.78. The summed E-state index contributed by atoms with van der Waals surface area (Å²) in [5.41, 5.74) is 4.07. The first-order chi connectivity index (χ1) is 18.2. The van der Waals surface area contributed by atoms with E-state index in [1.807, 2.05) is 11.8 Å². The lowest BCUT2D eigenvalue weighted by molar-refractivity contribution is 0.122. The van der Waals surface area contributed by atoms with E-state index in [2.05, 4.69) is 62.6 Å². The molecule has 0 bridgehead atoms. The Kier molecular flexibility index (Phi) is 6.44. The van der Waals surface area contributed by atoms with Crippen molar-refractivity contribution in [2.45, 2.75) is 57.3 Å². The second-order valence-electron chi connectivity index (χ2n) is 10.4. The van der Waals surface area contributed by atoms with Crippen molar-refractivity contribution in [2.75, 3.05) is 49.6 Å². The molecule has 0 unspecified atom stereocenters. The van der Waals surface area contributed by atoms with Crippen LogP contribution in [0, 0.1) is 0 Å². The highest BCUT2D eigenvalue weighted by Gasteiger charge is 2.32. The number of H-pyrrole nitrogens is 1. The molecule has 37 heavy (non-hydrogen) atoms. The van der Waals surface area contributed by atoms with Gasteiger partial charge in [0.25, 0.3) is 0 Å². The largest absolute Gasteiger partial charge is 0.382 e. The van der Waals surface area contributed by atoms with E-state index in [1.165, 1.54) is 64.0 Å². The van der Waals surface area contributed by atoms with Crippen LogP contribution in [0.3, 0.4) is 0 Å². The Morgan fingerprint density at radius 3 is 2.51 bits per heavy atom. The highest BCUT2D eigenvalue weighted by molar-refractivity contribution is 8.05. The van der Waals surface area contributed by atoms with E-state index < -0.39 is 0 Å². The van der Waals surface area contributed by atoms with E-state index in [0.29, 0.717) is 19.3 Å². The molecule has 1 aromatic heterocycles. The molecule has 2 saturated heterocycles. The molecule has 0 radical (unpaired) electrons. The van der Waals surface area contributed by atoms with Crippen molar-refractivity contribution in [1.82, 2.24) is 9.88 Å². The van der Waals surface area contributed by atoms with Gasteiger partial charge in [-0.2, -0.15) is 0 Å². The molecule has 3 aromatic rings. The zero-order chi connectivity index (χ0) is 24.8. The zero-order valence-electron chi connectivity index (χ0n) is 20.9. The van der Waals surface area contributed by atoms with Gasteiger partial charge in [-0.05, 0) is 56.0 Å². The highest BCUT2D eigenvalue weighted by atomic mass is 32.2. The molecule has 1 aliphatic carbocycles. The molecule has 2 aromatic carbocycles. The van der Waals surface area contributed by atoms with Gasteiger partial charge in [0.05, 0.1) is 18.9 Å². The third kappa shape index (κ3) is 5.04. The number of piperidine rings is 1. The number of fused-ring (bicyclic) bond motifs is 2. The number of likely N-dealkylation sites (tertiary alicyclic amines) is 1. The van der Waals surface area contributed by atoms with Gasteiger partial charge in [-0.1, -0.05) is 35.7 Å². The number of pyridine rings is 1. The molecule has 2 N–H and O–H groups in total. The second kappa shape index (κ2) is 10.1. The van der Waals surface area contributed by atoms with E-state index >= 15 is 0 Å². The van der Waals surface area contributed by atoms with Crippen molar-refractivity contribution in [3.05, 3.63) is 58.9 Å². The molecular weight excluding hydrogens is 500 g/mol. The van der Waals surface area contributed by atoms with Crippen LogP contribution in [-0.2, 0) is 4.74 Å². The summed E-state index contributed by atoms with van der Waals surface area (Å²) >= 11 is 3.63. The first-order valence-corrected chi connectivity index (χ1v) is 15.0. The summed E-state index contributed by atoms with van der Waals surface area (Å²) in [6.07, 6.45) is 5.25. The van der Waals surface area contributed by atoms with Crippen LogP contribution in [0.5, 0.6) is 0 Å². The summed E-state index contributed by atoms with van der Waals surface area (Å²) in [7, 11) is 0. The predicted octanol–water partition coefficient (Wildman–Crippen LogP) is 5.53. The van der Waals surface area contributed by atoms with Gasteiger partial charge in [0.1, 0.15) is 0 Å². The Morgan fingerprint density at radius 2 is 1.70 bits per heavy atom. The first-order valence-electron chi connectivity index (χ1n) is 13.4. The number of hydrogen-bond donors (Lipinski definition) is 2. The van der Waals surface area contributed by atoms with Crippen LogP contribution < -0.4 is 15.8 Å². The van der Waals surface area contributed by atoms with Crippen molar-refractivity contribution < 1.29 is 4.74 Å². The lowest BCUT2D eigenvalue weighted by atomic mass is 10.0. The fourth-order valence-electron chi connectivity index (χ4n) is 5.67. The second-order valence-corrected chi connectivity index (χ2v) is 12.5. The minimum Gasteiger partial charge on any atom is -0.382 e. The summed E-state index contributed by atoms with van der Waals surface area (Å²) in [4.78, 5) is 25.6. The van der Waals surface area contributed by atoms with Crippen molar-refractivity contribution in [1.29, 1.82) is 0 Å². The van der Waals surface area contributed by atoms with Crippen LogP contribution in [0.25, 0.3) is 11.3 Å². The Bertz CT molecular complexity index is 1360. The van der Waals surface area contributed by atoms with Crippen LogP contribution >= 0.6 is 23.5 Å². The number of hydrogen-bond acceptors (Lipinski definition) is 7. The van der Waals surface area contributed by atoms with Gasteiger partial charge in [-0.25, -0.2) is 0 Å². The normalized spacial score (nSPS) is 20.4. The zero-order valence-corrected chi connectivity index (χ0v) is 22.5. The topological polar surface area (TPSA) is 60.6 Å². The number of rotatable bonds is 5. The van der Waals surface area contributed by atoms with Crippen molar-refractivity contribution in [3.8, 4) is 11.3 Å². The van der Waals surface area contributed by atoms with Gasteiger partial charge < -0.3 is 24.8 Å². The third-order valence-electron chi connectivity index (χ3n) is 7.81. The average molecular weight is 533 g/mol. The number of nitrogens with one attached hydrogen (secondary N) is 2. The molecule has 3 fully saturated rings. The van der Waals surface area contributed by atoms with E-state index in [1.54, 1.807) is 17.8 Å². The molecule has 4 heterocycles. The molecule has 192 valence electrons. The molecule has 0 spiro atoms. The van der Waals surface area contributed by atoms with Crippen LogP contribution in [0.4, 0.5) is 11.4 Å². The number of nitrogens with zero attached hydrogens (tertiary/aromatic N) is 2. The molecule has 3 aliphatic heterocycles. The Morgan fingerprint density at radius 1 is 0.865 bits per heavy atom. The molecule has 6 nitrogen and oxygen atoms in total. The highest BCUT2D eigenvalue weighted by Crippen LogP contribution is 2.52. The quantitative estimate of drug-likeness (QED) is 0.350. The van der Waals surface area contributed by atoms with Crippen LogP contribution in [0.2, 0.25) is 0 Å².